The Labute approximate surface area is 155 Å². The van der Waals surface area contributed by atoms with Crippen LogP contribution in [0.15, 0.2) is 18.2 Å². The molecule has 1 aromatic carbocycles. The van der Waals surface area contributed by atoms with E-state index in [-0.39, 0.29) is 24.9 Å². The predicted molar refractivity (Wildman–Crippen MR) is 101 cm³/mol. The van der Waals surface area contributed by atoms with Crippen LogP contribution in [0, 0.1) is 0 Å². The summed E-state index contributed by atoms with van der Waals surface area (Å²) in [7, 11) is -3.47. The van der Waals surface area contributed by atoms with Crippen LogP contribution >= 0.6 is 0 Å². The van der Waals surface area contributed by atoms with Crippen LogP contribution < -0.4 is 19.1 Å². The van der Waals surface area contributed by atoms with Crippen molar-refractivity contribution in [1.29, 1.82) is 0 Å². The molecule has 0 saturated heterocycles. The number of hydrogen-bond acceptors (Lipinski definition) is 5. The second kappa shape index (κ2) is 9.12. The van der Waals surface area contributed by atoms with Crippen LogP contribution in [0.25, 0.3) is 0 Å². The van der Waals surface area contributed by atoms with Crippen molar-refractivity contribution in [3.8, 4) is 11.5 Å². The number of carbonyl (C=O) groups excluding carboxylic acids is 1. The molecule has 1 aliphatic heterocycles. The predicted octanol–water partition coefficient (Wildman–Crippen LogP) is 2.31. The maximum absolute atomic E-state index is 12.2. The molecule has 1 heterocycles. The summed E-state index contributed by atoms with van der Waals surface area (Å²) in [6, 6.07) is 5.20. The molecule has 8 heteroatoms. The van der Waals surface area contributed by atoms with Gasteiger partial charge in [0, 0.05) is 25.1 Å². The van der Waals surface area contributed by atoms with E-state index in [2.05, 4.69) is 12.2 Å². The summed E-state index contributed by atoms with van der Waals surface area (Å²) < 4.78 is 36.7. The van der Waals surface area contributed by atoms with Crippen molar-refractivity contribution in [1.82, 2.24) is 5.32 Å². The molecule has 26 heavy (non-hydrogen) atoms. The Morgan fingerprint density at radius 3 is 2.62 bits per heavy atom. The van der Waals surface area contributed by atoms with E-state index in [1.165, 1.54) is 4.31 Å². The van der Waals surface area contributed by atoms with Crippen LogP contribution in [0.1, 0.15) is 39.5 Å². The largest absolute Gasteiger partial charge is 0.486 e. The summed E-state index contributed by atoms with van der Waals surface area (Å²) in [5.74, 6) is 1.09. The number of anilines is 1. The van der Waals surface area contributed by atoms with Crippen molar-refractivity contribution in [3.05, 3.63) is 18.2 Å². The monoisotopic (exact) mass is 384 g/mol. The molecule has 0 aromatic heterocycles. The van der Waals surface area contributed by atoms with Gasteiger partial charge in [-0.1, -0.05) is 13.3 Å². The molecule has 7 nitrogen and oxygen atoms in total. The number of fused-ring (bicyclic) bond motifs is 1. The lowest BCUT2D eigenvalue weighted by Crippen LogP contribution is -2.34. The Morgan fingerprint density at radius 2 is 1.96 bits per heavy atom. The number of sulfonamides is 1. The number of amides is 1. The molecule has 146 valence electrons. The van der Waals surface area contributed by atoms with E-state index in [0.29, 0.717) is 36.8 Å². The second-order valence-corrected chi connectivity index (χ2v) is 8.43. The fraction of sp³-hybridized carbons (Fsp3) is 0.611. The summed E-state index contributed by atoms with van der Waals surface area (Å²) >= 11 is 0. The summed E-state index contributed by atoms with van der Waals surface area (Å²) in [6.07, 6.45) is 3.82. The van der Waals surface area contributed by atoms with Gasteiger partial charge in [0.2, 0.25) is 15.9 Å². The molecule has 2 rings (SSSR count). The van der Waals surface area contributed by atoms with Crippen molar-refractivity contribution in [3.63, 3.8) is 0 Å². The van der Waals surface area contributed by atoms with E-state index in [0.717, 1.165) is 19.1 Å². The van der Waals surface area contributed by atoms with Gasteiger partial charge in [-0.2, -0.15) is 0 Å². The lowest BCUT2D eigenvalue weighted by atomic mass is 10.2. The zero-order valence-electron chi connectivity index (χ0n) is 15.7. The van der Waals surface area contributed by atoms with Gasteiger partial charge < -0.3 is 14.8 Å². The summed E-state index contributed by atoms with van der Waals surface area (Å²) in [4.78, 5) is 12.0. The van der Waals surface area contributed by atoms with E-state index in [9.17, 15) is 13.2 Å². The molecule has 1 amide bonds. The lowest BCUT2D eigenvalue weighted by Gasteiger charge is -2.25. The third-order valence-corrected chi connectivity index (χ3v) is 5.30. The molecule has 1 aromatic rings. The van der Waals surface area contributed by atoms with Crippen molar-refractivity contribution < 1.29 is 22.7 Å². The van der Waals surface area contributed by atoms with Crippen LogP contribution in [-0.4, -0.2) is 46.4 Å². The number of carbonyl (C=O) groups is 1. The normalized spacial score (nSPS) is 14.6. The van der Waals surface area contributed by atoms with Gasteiger partial charge in [-0.25, -0.2) is 8.42 Å². The lowest BCUT2D eigenvalue weighted by molar-refractivity contribution is -0.121. The summed E-state index contributed by atoms with van der Waals surface area (Å²) in [6.45, 7) is 5.19. The smallest absolute Gasteiger partial charge is 0.232 e. The standard InChI is InChI=1S/C18H28N2O5S/c1-4-6-14(2)19-18(21)7-5-10-20(26(3,22)23)15-8-9-16-17(13-15)25-12-11-24-16/h8-9,13-14H,4-7,10-12H2,1-3H3,(H,19,21). The SMILES string of the molecule is CCCC(C)NC(=O)CCCN(c1ccc2c(c1)OCCO2)S(C)(=O)=O. The fourth-order valence-corrected chi connectivity index (χ4v) is 3.87. The highest BCUT2D eigenvalue weighted by atomic mass is 32.2. The summed E-state index contributed by atoms with van der Waals surface area (Å²) in [5, 5.41) is 2.93. The number of nitrogens with zero attached hydrogens (tertiary/aromatic N) is 1. The van der Waals surface area contributed by atoms with E-state index in [4.69, 9.17) is 9.47 Å². The third-order valence-electron chi connectivity index (χ3n) is 4.11. The maximum Gasteiger partial charge on any atom is 0.232 e. The first-order chi connectivity index (χ1) is 12.3. The fourth-order valence-electron chi connectivity index (χ4n) is 2.91. The number of hydrogen-bond donors (Lipinski definition) is 1. The Kier molecular flexibility index (Phi) is 7.14. The average Bonchev–Trinajstić information content (AvgIpc) is 2.57. The van der Waals surface area contributed by atoms with Crippen LogP contribution in [0.5, 0.6) is 11.5 Å². The van der Waals surface area contributed by atoms with Crippen molar-refractivity contribution in [2.45, 2.75) is 45.6 Å². The van der Waals surface area contributed by atoms with E-state index in [1.54, 1.807) is 18.2 Å². The van der Waals surface area contributed by atoms with E-state index < -0.39 is 10.0 Å². The number of nitrogens with one attached hydrogen (secondary N) is 1. The van der Waals surface area contributed by atoms with Crippen molar-refractivity contribution in [2.75, 3.05) is 30.3 Å². The quantitative estimate of drug-likeness (QED) is 0.706. The first kappa shape index (κ1) is 20.4. The zero-order chi connectivity index (χ0) is 19.2. The molecule has 1 unspecified atom stereocenters. The zero-order valence-corrected chi connectivity index (χ0v) is 16.5. The van der Waals surface area contributed by atoms with Gasteiger partial charge in [0.15, 0.2) is 11.5 Å². The van der Waals surface area contributed by atoms with Crippen molar-refractivity contribution >= 4 is 21.6 Å². The molecule has 0 spiro atoms. The van der Waals surface area contributed by atoms with Gasteiger partial charge in [-0.3, -0.25) is 9.10 Å². The van der Waals surface area contributed by atoms with E-state index >= 15 is 0 Å². The molecule has 0 aliphatic carbocycles. The highest BCUT2D eigenvalue weighted by Crippen LogP contribution is 2.34. The molecule has 0 saturated carbocycles. The van der Waals surface area contributed by atoms with Gasteiger partial charge in [-0.15, -0.1) is 0 Å². The molecule has 0 bridgehead atoms. The van der Waals surface area contributed by atoms with Crippen molar-refractivity contribution in [2.24, 2.45) is 0 Å². The topological polar surface area (TPSA) is 84.9 Å². The Bertz CT molecular complexity index is 720. The van der Waals surface area contributed by atoms with Gasteiger partial charge in [-0.05, 0) is 31.9 Å². The Morgan fingerprint density at radius 1 is 1.27 bits per heavy atom. The third kappa shape index (κ3) is 5.79. The molecule has 1 atom stereocenters. The minimum absolute atomic E-state index is 0.0541. The first-order valence-electron chi connectivity index (χ1n) is 8.98. The minimum atomic E-state index is -3.47. The van der Waals surface area contributed by atoms with Crippen LogP contribution in [0.3, 0.4) is 0 Å². The van der Waals surface area contributed by atoms with Gasteiger partial charge in [0.25, 0.3) is 0 Å². The number of ether oxygens (including phenoxy) is 2. The molecule has 0 fully saturated rings. The summed E-state index contributed by atoms with van der Waals surface area (Å²) in [5.41, 5.74) is 0.511. The molecule has 1 N–H and O–H groups in total. The highest BCUT2D eigenvalue weighted by molar-refractivity contribution is 7.92. The highest BCUT2D eigenvalue weighted by Gasteiger charge is 2.21. The Balaban J connectivity index is 1.99. The van der Waals surface area contributed by atoms with Gasteiger partial charge >= 0.3 is 0 Å². The van der Waals surface area contributed by atoms with E-state index in [1.807, 2.05) is 6.92 Å². The Hall–Kier alpha value is -1.96. The van der Waals surface area contributed by atoms with Crippen LogP contribution in [0.2, 0.25) is 0 Å². The van der Waals surface area contributed by atoms with Crippen LogP contribution in [-0.2, 0) is 14.8 Å². The molecule has 0 radical (unpaired) electrons. The minimum Gasteiger partial charge on any atom is -0.486 e. The number of rotatable bonds is 9. The maximum atomic E-state index is 12.2. The van der Waals surface area contributed by atoms with Gasteiger partial charge in [0.1, 0.15) is 13.2 Å². The molecular formula is C18H28N2O5S. The van der Waals surface area contributed by atoms with Gasteiger partial charge in [0.05, 0.1) is 11.9 Å². The van der Waals surface area contributed by atoms with Crippen LogP contribution in [0.4, 0.5) is 5.69 Å². The molecule has 1 aliphatic rings. The second-order valence-electron chi connectivity index (χ2n) is 6.52. The first-order valence-corrected chi connectivity index (χ1v) is 10.8. The molecular weight excluding hydrogens is 356 g/mol. The average molecular weight is 384 g/mol. The number of benzene rings is 1.